The summed E-state index contributed by atoms with van der Waals surface area (Å²) in [5.41, 5.74) is 9.19. The molecule has 8 heteroatoms. The lowest BCUT2D eigenvalue weighted by atomic mass is 10.1. The number of aryl methyl sites for hydroxylation is 1. The van der Waals surface area contributed by atoms with Gasteiger partial charge in [0.05, 0.1) is 11.3 Å². The molecule has 1 aromatic carbocycles. The van der Waals surface area contributed by atoms with Crippen LogP contribution in [0.1, 0.15) is 10.4 Å². The van der Waals surface area contributed by atoms with Gasteiger partial charge in [-0.05, 0) is 24.3 Å². The Morgan fingerprint density at radius 2 is 2.04 bits per heavy atom. The second-order valence-electron chi connectivity index (χ2n) is 5.64. The molecule has 0 amide bonds. The van der Waals surface area contributed by atoms with E-state index in [-0.39, 0.29) is 12.1 Å². The van der Waals surface area contributed by atoms with Gasteiger partial charge in [-0.15, -0.1) is 0 Å². The van der Waals surface area contributed by atoms with E-state index in [0.717, 1.165) is 27.7 Å². The van der Waals surface area contributed by atoms with E-state index in [2.05, 4.69) is 20.7 Å². The third-order valence-electron chi connectivity index (χ3n) is 3.90. The van der Waals surface area contributed by atoms with E-state index >= 15 is 0 Å². The van der Waals surface area contributed by atoms with Crippen molar-refractivity contribution in [3.05, 3.63) is 48.4 Å². The number of fused-ring (bicyclic) bond motifs is 2. The van der Waals surface area contributed by atoms with Crippen molar-refractivity contribution in [2.24, 2.45) is 12.8 Å². The van der Waals surface area contributed by atoms with Crippen LogP contribution in [0.15, 0.2) is 42.9 Å². The number of nitrogens with two attached hydrogens (primary N) is 1. The highest BCUT2D eigenvalue weighted by molar-refractivity contribution is 6.01. The number of aromatic nitrogens is 4. The molecule has 0 unspecified atom stereocenters. The molecule has 4 aromatic rings. The lowest BCUT2D eigenvalue weighted by Crippen LogP contribution is -1.98. The van der Waals surface area contributed by atoms with E-state index in [1.54, 1.807) is 24.5 Å². The number of alkyl halides is 1. The predicted octanol–water partition coefficient (Wildman–Crippen LogP) is 2.73. The van der Waals surface area contributed by atoms with Crippen molar-refractivity contribution in [3.63, 3.8) is 0 Å². The molecule has 4 N–H and O–H groups in total. The summed E-state index contributed by atoms with van der Waals surface area (Å²) in [4.78, 5) is 22.9. The maximum absolute atomic E-state index is 11.2. The van der Waals surface area contributed by atoms with Crippen molar-refractivity contribution in [2.45, 2.75) is 0 Å². The van der Waals surface area contributed by atoms with Gasteiger partial charge in [-0.3, -0.25) is 4.98 Å². The fourth-order valence-corrected chi connectivity index (χ4v) is 2.74. The summed E-state index contributed by atoms with van der Waals surface area (Å²) in [6, 6.07) is 7.05. The van der Waals surface area contributed by atoms with Crippen LogP contribution in [-0.4, -0.2) is 43.8 Å². The van der Waals surface area contributed by atoms with Gasteiger partial charge in [0.1, 0.15) is 12.2 Å². The molecule has 0 atom stereocenters. The zero-order valence-corrected chi connectivity index (χ0v) is 14.1. The molecule has 0 spiro atoms. The number of carbonyl (C=O) groups is 1. The van der Waals surface area contributed by atoms with E-state index in [1.807, 2.05) is 29.9 Å². The Kier molecular flexibility index (Phi) is 4.94. The van der Waals surface area contributed by atoms with Crippen LogP contribution < -0.4 is 5.73 Å². The fourth-order valence-electron chi connectivity index (χ4n) is 2.74. The Balaban J connectivity index is 0.000000447. The number of aromatic amines is 1. The third kappa shape index (κ3) is 3.27. The van der Waals surface area contributed by atoms with Gasteiger partial charge in [-0.2, -0.15) is 0 Å². The second kappa shape index (κ2) is 7.32. The van der Waals surface area contributed by atoms with E-state index in [1.165, 1.54) is 0 Å². The standard InChI is InChI=1S/C16H12N4O2.C2H6FN/c1-20-8-11(10-6-9(16(21)22)2-3-14(10)20)12-7-13-15(19-12)18-5-4-17-13;3-1-2-4/h2-8H,1H3,(H,18,19)(H,21,22);1-2,4H2. The van der Waals surface area contributed by atoms with E-state index < -0.39 is 12.6 Å². The van der Waals surface area contributed by atoms with Gasteiger partial charge >= 0.3 is 5.97 Å². The van der Waals surface area contributed by atoms with Crippen molar-refractivity contribution < 1.29 is 14.3 Å². The van der Waals surface area contributed by atoms with Crippen molar-refractivity contribution in [1.82, 2.24) is 19.5 Å². The summed E-state index contributed by atoms with van der Waals surface area (Å²) in [5, 5.41) is 10.1. The van der Waals surface area contributed by atoms with E-state index in [4.69, 9.17) is 0 Å². The van der Waals surface area contributed by atoms with Crippen LogP contribution in [0, 0.1) is 0 Å². The molecular weight excluding hydrogens is 337 g/mol. The molecule has 4 rings (SSSR count). The number of carboxylic acid groups (broad SMARTS) is 1. The molecule has 134 valence electrons. The molecule has 0 aliphatic heterocycles. The molecule has 7 nitrogen and oxygen atoms in total. The molecule has 0 bridgehead atoms. The Morgan fingerprint density at radius 1 is 1.31 bits per heavy atom. The Morgan fingerprint density at radius 3 is 2.69 bits per heavy atom. The number of H-pyrrole nitrogens is 1. The second-order valence-corrected chi connectivity index (χ2v) is 5.64. The van der Waals surface area contributed by atoms with Crippen LogP contribution in [0.3, 0.4) is 0 Å². The maximum Gasteiger partial charge on any atom is 0.335 e. The Labute approximate surface area is 148 Å². The summed E-state index contributed by atoms with van der Waals surface area (Å²) in [6.45, 7) is -0.250. The van der Waals surface area contributed by atoms with Gasteiger partial charge in [0.2, 0.25) is 0 Å². The summed E-state index contributed by atoms with van der Waals surface area (Å²) in [7, 11) is 1.94. The number of carboxylic acids is 1. The minimum atomic E-state index is -0.934. The number of nitrogens with one attached hydrogen (secondary N) is 1. The van der Waals surface area contributed by atoms with Crippen molar-refractivity contribution >= 4 is 28.0 Å². The topological polar surface area (TPSA) is 110 Å². The van der Waals surface area contributed by atoms with Gasteiger partial charge in [0.15, 0.2) is 5.65 Å². The average Bonchev–Trinajstić information content (AvgIpc) is 3.22. The molecule has 0 saturated carbocycles. The highest BCUT2D eigenvalue weighted by atomic mass is 19.1. The van der Waals surface area contributed by atoms with Crippen molar-refractivity contribution in [3.8, 4) is 11.3 Å². The molecule has 3 heterocycles. The Bertz CT molecular complexity index is 1040. The van der Waals surface area contributed by atoms with Gasteiger partial charge in [-0.25, -0.2) is 14.2 Å². The molecule has 0 aliphatic rings. The lowest BCUT2D eigenvalue weighted by Gasteiger charge is -1.99. The maximum atomic E-state index is 11.2. The molecule has 0 fully saturated rings. The summed E-state index contributed by atoms with van der Waals surface area (Å²) >= 11 is 0. The van der Waals surface area contributed by atoms with Gasteiger partial charge in [0.25, 0.3) is 0 Å². The van der Waals surface area contributed by atoms with Crippen LogP contribution in [-0.2, 0) is 7.05 Å². The largest absolute Gasteiger partial charge is 0.478 e. The van der Waals surface area contributed by atoms with Crippen molar-refractivity contribution in [1.29, 1.82) is 0 Å². The highest BCUT2D eigenvalue weighted by Gasteiger charge is 2.14. The first-order valence-corrected chi connectivity index (χ1v) is 7.93. The first-order chi connectivity index (χ1) is 12.5. The minimum absolute atomic E-state index is 0.153. The number of halogens is 1. The summed E-state index contributed by atoms with van der Waals surface area (Å²) < 4.78 is 12.6. The number of benzene rings is 1. The number of rotatable bonds is 3. The Hall–Kier alpha value is -3.26. The minimum Gasteiger partial charge on any atom is -0.478 e. The molecule has 0 saturated heterocycles. The van der Waals surface area contributed by atoms with Crippen LogP contribution in [0.25, 0.3) is 33.3 Å². The quantitative estimate of drug-likeness (QED) is 0.523. The normalized spacial score (nSPS) is 10.7. The smallest absolute Gasteiger partial charge is 0.335 e. The monoisotopic (exact) mass is 355 g/mol. The number of hydrogen-bond donors (Lipinski definition) is 3. The van der Waals surface area contributed by atoms with E-state index in [0.29, 0.717) is 5.65 Å². The third-order valence-corrected chi connectivity index (χ3v) is 3.90. The number of aromatic carboxylic acids is 1. The predicted molar refractivity (Wildman–Crippen MR) is 97.8 cm³/mol. The molecular formula is C18H18FN5O2. The first kappa shape index (κ1) is 17.6. The number of hydrogen-bond acceptors (Lipinski definition) is 4. The zero-order valence-electron chi connectivity index (χ0n) is 14.1. The van der Waals surface area contributed by atoms with Gasteiger partial charge in [0, 0.05) is 48.6 Å². The fraction of sp³-hybridized carbons (Fsp3) is 0.167. The first-order valence-electron chi connectivity index (χ1n) is 7.93. The summed E-state index contributed by atoms with van der Waals surface area (Å²) in [5.74, 6) is -0.934. The van der Waals surface area contributed by atoms with Crippen LogP contribution in [0.4, 0.5) is 4.39 Å². The zero-order chi connectivity index (χ0) is 18.7. The van der Waals surface area contributed by atoms with Crippen molar-refractivity contribution in [2.75, 3.05) is 13.2 Å². The molecule has 0 aliphatic carbocycles. The van der Waals surface area contributed by atoms with Crippen LogP contribution >= 0.6 is 0 Å². The molecule has 3 aromatic heterocycles. The van der Waals surface area contributed by atoms with Gasteiger partial charge < -0.3 is 20.4 Å². The number of nitrogens with zero attached hydrogens (tertiary/aromatic N) is 3. The average molecular weight is 355 g/mol. The highest BCUT2D eigenvalue weighted by Crippen LogP contribution is 2.31. The molecule has 0 radical (unpaired) electrons. The molecule has 26 heavy (non-hydrogen) atoms. The summed E-state index contributed by atoms with van der Waals surface area (Å²) in [6.07, 6.45) is 5.25. The SMILES string of the molecule is Cn1cc(-c2cc3nccnc3[nH]2)c2cc(C(=O)O)ccc21.NCCF. The van der Waals surface area contributed by atoms with E-state index in [9.17, 15) is 14.3 Å². The lowest BCUT2D eigenvalue weighted by molar-refractivity contribution is 0.0697. The van der Waals surface area contributed by atoms with Crippen LogP contribution in [0.5, 0.6) is 0 Å². The van der Waals surface area contributed by atoms with Crippen LogP contribution in [0.2, 0.25) is 0 Å². The van der Waals surface area contributed by atoms with Gasteiger partial charge in [-0.1, -0.05) is 0 Å².